The first-order chi connectivity index (χ1) is 6.35. The molecule has 0 rings (SSSR count). The minimum Gasteiger partial charge on any atom is -0.385 e. The summed E-state index contributed by atoms with van der Waals surface area (Å²) in [6, 6.07) is 0. The summed E-state index contributed by atoms with van der Waals surface area (Å²) < 4.78 is 5.01. The van der Waals surface area contributed by atoms with Gasteiger partial charge in [-0.1, -0.05) is 22.9 Å². The number of hydrogen-bond donors (Lipinski definition) is 0. The Morgan fingerprint density at radius 1 is 1.15 bits per heavy atom. The number of nitrogens with zero attached hydrogens (tertiary/aromatic N) is 1. The van der Waals surface area contributed by atoms with Crippen molar-refractivity contribution in [1.82, 2.24) is 4.90 Å². The van der Waals surface area contributed by atoms with Gasteiger partial charge in [-0.3, -0.25) is 0 Å². The molecule has 0 fully saturated rings. The van der Waals surface area contributed by atoms with Crippen molar-refractivity contribution in [2.24, 2.45) is 0 Å². The maximum atomic E-state index is 5.01. The first kappa shape index (κ1) is 13.4. The smallest absolute Gasteiger partial charge is 0.0462 e. The molecule has 0 heterocycles. The lowest BCUT2D eigenvalue weighted by molar-refractivity contribution is 0.184. The molecule has 0 amide bonds. The zero-order valence-corrected chi connectivity index (χ0v) is 10.5. The Hall–Kier alpha value is 0.400. The van der Waals surface area contributed by atoms with Gasteiger partial charge < -0.3 is 9.64 Å². The molecule has 0 bridgehead atoms. The number of hydrogen-bond acceptors (Lipinski definition) is 2. The minimum absolute atomic E-state index is 0.899. The highest BCUT2D eigenvalue weighted by molar-refractivity contribution is 9.09. The molecule has 13 heavy (non-hydrogen) atoms. The molecule has 0 spiro atoms. The van der Waals surface area contributed by atoms with Crippen LogP contribution in [0.3, 0.4) is 0 Å². The molecular formula is C10H22BrNO. The molecule has 0 aliphatic rings. The van der Waals surface area contributed by atoms with Crippen LogP contribution < -0.4 is 0 Å². The summed E-state index contributed by atoms with van der Waals surface area (Å²) in [5.74, 6) is 0. The molecule has 0 aliphatic heterocycles. The fourth-order valence-electron chi connectivity index (χ4n) is 1.29. The van der Waals surface area contributed by atoms with Crippen molar-refractivity contribution in [3.63, 3.8) is 0 Å². The van der Waals surface area contributed by atoms with E-state index in [4.69, 9.17) is 4.74 Å². The van der Waals surface area contributed by atoms with Crippen molar-refractivity contribution < 1.29 is 4.74 Å². The topological polar surface area (TPSA) is 12.5 Å². The molecule has 0 N–H and O–H groups in total. The van der Waals surface area contributed by atoms with Gasteiger partial charge in [-0.05, 0) is 38.9 Å². The first-order valence-corrected chi connectivity index (χ1v) is 6.24. The molecule has 0 saturated carbocycles. The van der Waals surface area contributed by atoms with E-state index in [1.54, 1.807) is 7.11 Å². The quantitative estimate of drug-likeness (QED) is 0.462. The third-order valence-electron chi connectivity index (χ3n) is 2.13. The van der Waals surface area contributed by atoms with Gasteiger partial charge in [-0.15, -0.1) is 0 Å². The van der Waals surface area contributed by atoms with Crippen LogP contribution in [0.2, 0.25) is 0 Å². The summed E-state index contributed by atoms with van der Waals surface area (Å²) in [7, 11) is 1.77. The van der Waals surface area contributed by atoms with E-state index in [1.807, 2.05) is 0 Å². The Kier molecular flexibility index (Phi) is 10.8. The van der Waals surface area contributed by atoms with E-state index in [0.717, 1.165) is 11.9 Å². The third kappa shape index (κ3) is 8.72. The van der Waals surface area contributed by atoms with Gasteiger partial charge in [0, 0.05) is 19.0 Å². The van der Waals surface area contributed by atoms with Gasteiger partial charge in [-0.2, -0.15) is 0 Å². The monoisotopic (exact) mass is 251 g/mol. The van der Waals surface area contributed by atoms with E-state index in [2.05, 4.69) is 27.8 Å². The molecule has 0 radical (unpaired) electrons. The van der Waals surface area contributed by atoms with Crippen LogP contribution in [0.5, 0.6) is 0 Å². The zero-order valence-electron chi connectivity index (χ0n) is 8.89. The predicted octanol–water partition coefficient (Wildman–Crippen LogP) is 2.52. The minimum atomic E-state index is 0.899. The molecule has 0 aliphatic carbocycles. The highest BCUT2D eigenvalue weighted by Crippen LogP contribution is 1.98. The van der Waals surface area contributed by atoms with Crippen LogP contribution in [-0.4, -0.2) is 43.6 Å². The van der Waals surface area contributed by atoms with Crippen LogP contribution in [-0.2, 0) is 4.74 Å². The van der Waals surface area contributed by atoms with Gasteiger partial charge in [0.25, 0.3) is 0 Å². The number of rotatable bonds is 9. The predicted molar refractivity (Wildman–Crippen MR) is 61.6 cm³/mol. The number of ether oxygens (including phenoxy) is 1. The maximum absolute atomic E-state index is 5.01. The van der Waals surface area contributed by atoms with Crippen LogP contribution in [0.15, 0.2) is 0 Å². The Labute approximate surface area is 90.8 Å². The fraction of sp³-hybridized carbons (Fsp3) is 1.00. The van der Waals surface area contributed by atoms with Crippen LogP contribution >= 0.6 is 15.9 Å². The fourth-order valence-corrected chi connectivity index (χ4v) is 1.54. The number of methoxy groups -OCH3 is 1. The van der Waals surface area contributed by atoms with Gasteiger partial charge in [0.2, 0.25) is 0 Å². The lowest BCUT2D eigenvalue weighted by Crippen LogP contribution is -2.26. The number of alkyl halides is 1. The van der Waals surface area contributed by atoms with Crippen molar-refractivity contribution in [2.45, 2.75) is 26.2 Å². The normalized spacial score (nSPS) is 11.1. The van der Waals surface area contributed by atoms with Gasteiger partial charge in [-0.25, -0.2) is 0 Å². The Balaban J connectivity index is 3.25. The lowest BCUT2D eigenvalue weighted by atomic mass is 10.3. The second kappa shape index (κ2) is 10.5. The van der Waals surface area contributed by atoms with E-state index in [0.29, 0.717) is 0 Å². The average Bonchev–Trinajstić information content (AvgIpc) is 2.17. The summed E-state index contributed by atoms with van der Waals surface area (Å²) >= 11 is 3.45. The van der Waals surface area contributed by atoms with Crippen molar-refractivity contribution in [3.8, 4) is 0 Å². The summed E-state index contributed by atoms with van der Waals surface area (Å²) in [4.78, 5) is 2.50. The summed E-state index contributed by atoms with van der Waals surface area (Å²) in [5, 5.41) is 1.11. The molecule has 0 aromatic rings. The second-order valence-corrected chi connectivity index (χ2v) is 3.97. The molecule has 3 heteroatoms. The van der Waals surface area contributed by atoms with E-state index in [1.165, 1.54) is 38.9 Å². The summed E-state index contributed by atoms with van der Waals surface area (Å²) in [6.07, 6.45) is 3.68. The molecule has 0 aromatic carbocycles. The largest absolute Gasteiger partial charge is 0.385 e. The third-order valence-corrected chi connectivity index (χ3v) is 2.69. The molecule has 80 valence electrons. The van der Waals surface area contributed by atoms with Gasteiger partial charge in [0.1, 0.15) is 0 Å². The van der Waals surface area contributed by atoms with Crippen molar-refractivity contribution in [3.05, 3.63) is 0 Å². The maximum Gasteiger partial charge on any atom is 0.0462 e. The number of halogens is 1. The van der Waals surface area contributed by atoms with Gasteiger partial charge in [0.05, 0.1) is 0 Å². The average molecular weight is 252 g/mol. The summed E-state index contributed by atoms with van der Waals surface area (Å²) in [6.45, 7) is 6.72. The molecule has 0 aromatic heterocycles. The van der Waals surface area contributed by atoms with E-state index < -0.39 is 0 Å². The highest BCUT2D eigenvalue weighted by Gasteiger charge is 2.00. The van der Waals surface area contributed by atoms with E-state index in [9.17, 15) is 0 Å². The van der Waals surface area contributed by atoms with Crippen LogP contribution in [0.1, 0.15) is 26.2 Å². The van der Waals surface area contributed by atoms with Gasteiger partial charge in [0.15, 0.2) is 0 Å². The van der Waals surface area contributed by atoms with Crippen molar-refractivity contribution >= 4 is 15.9 Å². The second-order valence-electron chi connectivity index (χ2n) is 3.18. The van der Waals surface area contributed by atoms with E-state index in [-0.39, 0.29) is 0 Å². The molecule has 0 saturated heterocycles. The molecule has 2 nitrogen and oxygen atoms in total. The molecule has 0 atom stereocenters. The van der Waals surface area contributed by atoms with Crippen LogP contribution in [0.25, 0.3) is 0 Å². The molecule has 0 unspecified atom stereocenters. The Morgan fingerprint density at radius 2 is 1.85 bits per heavy atom. The number of unbranched alkanes of at least 4 members (excludes halogenated alkanes) is 1. The SMILES string of the molecule is CCN(CCCBr)CCCCOC. The first-order valence-electron chi connectivity index (χ1n) is 5.12. The highest BCUT2D eigenvalue weighted by atomic mass is 79.9. The van der Waals surface area contributed by atoms with E-state index >= 15 is 0 Å². The Morgan fingerprint density at radius 3 is 2.38 bits per heavy atom. The standard InChI is InChI=1S/C10H22BrNO/c1-3-12(9-6-7-11)8-4-5-10-13-2/h3-10H2,1-2H3. The lowest BCUT2D eigenvalue weighted by Gasteiger charge is -2.19. The van der Waals surface area contributed by atoms with Crippen LogP contribution in [0, 0.1) is 0 Å². The van der Waals surface area contributed by atoms with Crippen molar-refractivity contribution in [1.29, 1.82) is 0 Å². The van der Waals surface area contributed by atoms with Crippen molar-refractivity contribution in [2.75, 3.05) is 38.7 Å². The molecular weight excluding hydrogens is 230 g/mol. The van der Waals surface area contributed by atoms with Gasteiger partial charge >= 0.3 is 0 Å². The van der Waals surface area contributed by atoms with Crippen LogP contribution in [0.4, 0.5) is 0 Å². The Bertz CT molecular complexity index is 101. The summed E-state index contributed by atoms with van der Waals surface area (Å²) in [5.41, 5.74) is 0. The zero-order chi connectivity index (χ0) is 9.94.